The Labute approximate surface area is 97.3 Å². The number of rotatable bonds is 10. The molecule has 0 bridgehead atoms. The van der Waals surface area contributed by atoms with Crippen molar-refractivity contribution in [2.75, 3.05) is 46.9 Å². The van der Waals surface area contributed by atoms with Crippen LogP contribution in [0.3, 0.4) is 0 Å². The van der Waals surface area contributed by atoms with Gasteiger partial charge in [-0.25, -0.2) is 0 Å². The topological polar surface area (TPSA) is 77.4 Å². The van der Waals surface area contributed by atoms with Crippen LogP contribution in [0.5, 0.6) is 0 Å². The molecule has 0 fully saturated rings. The van der Waals surface area contributed by atoms with Gasteiger partial charge in [-0.3, -0.25) is 0 Å². The van der Waals surface area contributed by atoms with Crippen LogP contribution < -0.4 is 0 Å². The van der Waals surface area contributed by atoms with Gasteiger partial charge in [0, 0.05) is 14.2 Å². The van der Waals surface area contributed by atoms with Gasteiger partial charge >= 0.3 is 8.56 Å². The van der Waals surface area contributed by atoms with E-state index in [1.54, 1.807) is 14.2 Å². The molecule has 0 aromatic carbocycles. The maximum Gasteiger partial charge on any atom is 0.361 e. The van der Waals surface area contributed by atoms with Crippen LogP contribution in [0, 0.1) is 0 Å². The normalized spacial score (nSPS) is 14.1. The summed E-state index contributed by atoms with van der Waals surface area (Å²) in [4.78, 5) is 0. The lowest BCUT2D eigenvalue weighted by molar-refractivity contribution is -0.0218. The highest BCUT2D eigenvalue weighted by Crippen LogP contribution is 2.04. The lowest BCUT2D eigenvalue weighted by Gasteiger charge is -2.23. The lowest BCUT2D eigenvalue weighted by atomic mass is 10.4. The van der Waals surface area contributed by atoms with Crippen molar-refractivity contribution in [1.29, 1.82) is 0 Å². The molecule has 0 radical (unpaired) electrons. The maximum absolute atomic E-state index is 9.42. The molecule has 0 heterocycles. The molecular weight excluding hydrogens is 232 g/mol. The molecule has 98 valence electrons. The molecule has 2 N–H and O–H groups in total. The van der Waals surface area contributed by atoms with Gasteiger partial charge in [0.15, 0.2) is 0 Å². The molecule has 16 heavy (non-hydrogen) atoms. The van der Waals surface area contributed by atoms with Gasteiger partial charge in [0.05, 0.1) is 32.7 Å². The van der Waals surface area contributed by atoms with Crippen molar-refractivity contribution in [1.82, 2.24) is 0 Å². The van der Waals surface area contributed by atoms with Crippen LogP contribution in [0.1, 0.15) is 0 Å². The summed E-state index contributed by atoms with van der Waals surface area (Å²) in [5.74, 6) is 0. The van der Waals surface area contributed by atoms with Crippen LogP contribution in [-0.2, 0) is 18.3 Å². The van der Waals surface area contributed by atoms with Gasteiger partial charge in [-0.2, -0.15) is 0 Å². The quantitative estimate of drug-likeness (QED) is 0.396. The first-order chi connectivity index (χ1) is 7.58. The second kappa shape index (κ2) is 9.05. The van der Waals surface area contributed by atoms with E-state index in [4.69, 9.17) is 23.4 Å². The Balaban J connectivity index is 3.56. The molecule has 1 atom stereocenters. The van der Waals surface area contributed by atoms with Crippen LogP contribution in [0.25, 0.3) is 0 Å². The Hall–Kier alpha value is -0.0231. The highest BCUT2D eigenvalue weighted by atomic mass is 28.4. The predicted octanol–water partition coefficient (Wildman–Crippen LogP) is -0.723. The van der Waals surface area contributed by atoms with Crippen LogP contribution in [0.15, 0.2) is 0 Å². The minimum absolute atomic E-state index is 0.0497. The first-order valence-corrected chi connectivity index (χ1v) is 7.65. The van der Waals surface area contributed by atoms with E-state index in [0.717, 1.165) is 0 Å². The van der Waals surface area contributed by atoms with E-state index in [9.17, 15) is 5.11 Å². The van der Waals surface area contributed by atoms with Gasteiger partial charge in [0.1, 0.15) is 6.10 Å². The zero-order valence-electron chi connectivity index (χ0n) is 10.1. The van der Waals surface area contributed by atoms with Crippen LogP contribution in [0.4, 0.5) is 0 Å². The zero-order chi connectivity index (χ0) is 12.4. The van der Waals surface area contributed by atoms with Gasteiger partial charge in [-0.05, 0) is 6.55 Å². The Morgan fingerprint density at radius 1 is 1.12 bits per heavy atom. The zero-order valence-corrected chi connectivity index (χ0v) is 11.1. The molecule has 0 saturated heterocycles. The second-order valence-electron chi connectivity index (χ2n) is 3.51. The van der Waals surface area contributed by atoms with E-state index in [1.807, 2.05) is 6.55 Å². The van der Waals surface area contributed by atoms with E-state index in [1.165, 1.54) is 0 Å². The average molecular weight is 254 g/mol. The summed E-state index contributed by atoms with van der Waals surface area (Å²) in [6.07, 6.45) is -0.338. The standard InChI is InChI=1S/C9H22O6Si/c1-12-16(3,13-2)8-15-7-9(11)6-14-5-4-10/h9-11H,4-8H2,1-3H3. The first-order valence-electron chi connectivity index (χ1n) is 5.12. The van der Waals surface area contributed by atoms with Crippen molar-refractivity contribution < 1.29 is 28.5 Å². The van der Waals surface area contributed by atoms with Crippen LogP contribution in [-0.4, -0.2) is 71.8 Å². The number of ether oxygens (including phenoxy) is 2. The third-order valence-corrected chi connectivity index (χ3v) is 4.54. The highest BCUT2D eigenvalue weighted by Gasteiger charge is 2.29. The Morgan fingerprint density at radius 3 is 2.19 bits per heavy atom. The van der Waals surface area contributed by atoms with E-state index >= 15 is 0 Å². The van der Waals surface area contributed by atoms with Crippen molar-refractivity contribution in [3.8, 4) is 0 Å². The number of aliphatic hydroxyl groups excluding tert-OH is 2. The largest absolute Gasteiger partial charge is 0.396 e. The molecule has 0 amide bonds. The van der Waals surface area contributed by atoms with Crippen molar-refractivity contribution >= 4 is 8.56 Å². The monoisotopic (exact) mass is 254 g/mol. The average Bonchev–Trinajstić information content (AvgIpc) is 2.29. The third kappa shape index (κ3) is 7.28. The molecule has 0 aromatic rings. The molecule has 0 aromatic heterocycles. The van der Waals surface area contributed by atoms with Crippen LogP contribution >= 0.6 is 0 Å². The van der Waals surface area contributed by atoms with Crippen LogP contribution in [0.2, 0.25) is 6.55 Å². The molecule has 0 spiro atoms. The molecule has 0 saturated carbocycles. The van der Waals surface area contributed by atoms with Crippen molar-refractivity contribution in [3.63, 3.8) is 0 Å². The molecule has 0 aliphatic carbocycles. The van der Waals surface area contributed by atoms with Crippen molar-refractivity contribution in [2.24, 2.45) is 0 Å². The van der Waals surface area contributed by atoms with Crippen molar-refractivity contribution in [2.45, 2.75) is 12.7 Å². The van der Waals surface area contributed by atoms with Gasteiger partial charge < -0.3 is 28.5 Å². The van der Waals surface area contributed by atoms with E-state index in [-0.39, 0.29) is 26.4 Å². The van der Waals surface area contributed by atoms with E-state index < -0.39 is 14.7 Å². The summed E-state index contributed by atoms with van der Waals surface area (Å²) in [5, 5.41) is 17.9. The summed E-state index contributed by atoms with van der Waals surface area (Å²) in [5.41, 5.74) is 0. The van der Waals surface area contributed by atoms with Crippen molar-refractivity contribution in [3.05, 3.63) is 0 Å². The van der Waals surface area contributed by atoms with Gasteiger partial charge in [0.2, 0.25) is 0 Å². The fourth-order valence-electron chi connectivity index (χ4n) is 0.914. The molecule has 1 unspecified atom stereocenters. The first kappa shape index (κ1) is 16.0. The van der Waals surface area contributed by atoms with E-state index in [2.05, 4.69) is 0 Å². The summed E-state index contributed by atoms with van der Waals surface area (Å²) in [6, 6.07) is 0. The fourth-order valence-corrected chi connectivity index (χ4v) is 1.80. The predicted molar refractivity (Wildman–Crippen MR) is 60.4 cm³/mol. The van der Waals surface area contributed by atoms with Gasteiger partial charge in [-0.15, -0.1) is 0 Å². The Kier molecular flexibility index (Phi) is 9.04. The molecule has 0 aliphatic rings. The fraction of sp³-hybridized carbons (Fsp3) is 1.00. The molecule has 0 aliphatic heterocycles. The SMILES string of the molecule is CO[Si](C)(COCC(O)COCCO)OC. The Morgan fingerprint density at radius 2 is 1.69 bits per heavy atom. The smallest absolute Gasteiger partial charge is 0.361 e. The highest BCUT2D eigenvalue weighted by molar-refractivity contribution is 6.65. The van der Waals surface area contributed by atoms with Gasteiger partial charge in [-0.1, -0.05) is 0 Å². The maximum atomic E-state index is 9.42. The number of hydrogen-bond acceptors (Lipinski definition) is 6. The number of aliphatic hydroxyl groups is 2. The third-order valence-electron chi connectivity index (χ3n) is 2.08. The molecular formula is C9H22O6Si. The molecule has 0 rings (SSSR count). The second-order valence-corrected chi connectivity index (χ2v) is 6.88. The Bertz CT molecular complexity index is 164. The molecule has 7 heteroatoms. The van der Waals surface area contributed by atoms with E-state index in [0.29, 0.717) is 6.23 Å². The number of hydrogen-bond donors (Lipinski definition) is 2. The minimum Gasteiger partial charge on any atom is -0.396 e. The minimum atomic E-state index is -2.22. The summed E-state index contributed by atoms with van der Waals surface area (Å²) in [7, 11) is 0.950. The summed E-state index contributed by atoms with van der Waals surface area (Å²) in [6.45, 7) is 2.37. The molecule has 6 nitrogen and oxygen atoms in total. The lowest BCUT2D eigenvalue weighted by Crippen LogP contribution is -2.43. The summed E-state index contributed by atoms with van der Waals surface area (Å²) >= 11 is 0. The summed E-state index contributed by atoms with van der Waals surface area (Å²) < 4.78 is 20.7. The van der Waals surface area contributed by atoms with Gasteiger partial charge in [0.25, 0.3) is 0 Å².